The number of nitrogens with one attached hydrogen (secondary N) is 1. The van der Waals surface area contributed by atoms with Crippen molar-refractivity contribution < 1.29 is 14.6 Å². The number of fused-ring (bicyclic) bond motifs is 3. The van der Waals surface area contributed by atoms with Gasteiger partial charge < -0.3 is 19.4 Å². The Morgan fingerprint density at radius 1 is 1.39 bits per heavy atom. The summed E-state index contributed by atoms with van der Waals surface area (Å²) in [4.78, 5) is 14.3. The summed E-state index contributed by atoms with van der Waals surface area (Å²) >= 11 is 0. The molecule has 5 heteroatoms. The molecule has 0 aliphatic rings. The minimum Gasteiger partial charge on any atom is -0.495 e. The Morgan fingerprint density at radius 2 is 2.17 bits per heavy atom. The summed E-state index contributed by atoms with van der Waals surface area (Å²) in [5.41, 5.74) is 1.94. The average molecular weight is 244 g/mol. The highest BCUT2D eigenvalue weighted by atomic mass is 16.5. The zero-order valence-corrected chi connectivity index (χ0v) is 10.0. The first kappa shape index (κ1) is 10.7. The number of carboxylic acids is 1. The van der Waals surface area contributed by atoms with Crippen molar-refractivity contribution in [3.05, 3.63) is 30.0 Å². The first-order valence-corrected chi connectivity index (χ1v) is 5.51. The third kappa shape index (κ3) is 1.24. The Morgan fingerprint density at radius 3 is 2.83 bits per heavy atom. The summed E-state index contributed by atoms with van der Waals surface area (Å²) in [5.74, 6) is -0.182. The maximum Gasteiger partial charge on any atom is 0.352 e. The van der Waals surface area contributed by atoms with Crippen LogP contribution in [0.1, 0.15) is 10.5 Å². The Bertz CT molecular complexity index is 767. The van der Waals surface area contributed by atoms with Gasteiger partial charge in [-0.25, -0.2) is 4.79 Å². The number of H-pyrrole nitrogens is 1. The van der Waals surface area contributed by atoms with Crippen LogP contribution >= 0.6 is 0 Å². The molecule has 0 amide bonds. The van der Waals surface area contributed by atoms with Crippen molar-refractivity contribution in [1.82, 2.24) is 9.55 Å². The van der Waals surface area contributed by atoms with E-state index in [0.29, 0.717) is 0 Å². The number of nitrogens with zero attached hydrogens (tertiary/aromatic N) is 1. The van der Waals surface area contributed by atoms with Gasteiger partial charge in [0.05, 0.1) is 12.6 Å². The summed E-state index contributed by atoms with van der Waals surface area (Å²) in [7, 11) is 3.34. The third-order valence-corrected chi connectivity index (χ3v) is 3.23. The lowest BCUT2D eigenvalue weighted by atomic mass is 10.2. The van der Waals surface area contributed by atoms with E-state index < -0.39 is 5.97 Å². The maximum absolute atomic E-state index is 11.1. The van der Waals surface area contributed by atoms with Gasteiger partial charge in [0.25, 0.3) is 0 Å². The fraction of sp³-hybridized carbons (Fsp3) is 0.154. The molecule has 0 fully saturated rings. The van der Waals surface area contributed by atoms with Crippen LogP contribution in [0.3, 0.4) is 0 Å². The van der Waals surface area contributed by atoms with E-state index in [9.17, 15) is 4.79 Å². The highest BCUT2D eigenvalue weighted by Crippen LogP contribution is 2.32. The lowest BCUT2D eigenvalue weighted by Crippen LogP contribution is -2.04. The number of hydrogen-bond acceptors (Lipinski definition) is 2. The number of carboxylic acid groups (broad SMARTS) is 1. The van der Waals surface area contributed by atoms with Gasteiger partial charge in [-0.05, 0) is 12.1 Å². The molecule has 0 aliphatic heterocycles. The van der Waals surface area contributed by atoms with Crippen molar-refractivity contribution in [2.75, 3.05) is 7.11 Å². The van der Waals surface area contributed by atoms with Gasteiger partial charge >= 0.3 is 5.97 Å². The number of aromatic amines is 1. The standard InChI is InChI=1S/C13H12N2O3/c1-15-9(13(16)17)6-8-7-4-3-5-10(18-2)11(7)14-12(8)15/h3-6,14H,1-2H3,(H,16,17). The van der Waals surface area contributed by atoms with Gasteiger partial charge in [0.15, 0.2) is 0 Å². The zero-order valence-electron chi connectivity index (χ0n) is 10.0. The number of aryl methyl sites for hydroxylation is 1. The molecule has 0 spiro atoms. The van der Waals surface area contributed by atoms with E-state index in [0.717, 1.165) is 27.7 Å². The Balaban J connectivity index is 2.44. The van der Waals surface area contributed by atoms with Crippen LogP contribution in [-0.2, 0) is 7.05 Å². The summed E-state index contributed by atoms with van der Waals surface area (Å²) in [6.07, 6.45) is 0. The van der Waals surface area contributed by atoms with E-state index in [4.69, 9.17) is 9.84 Å². The molecule has 2 N–H and O–H groups in total. The number of methoxy groups -OCH3 is 1. The van der Waals surface area contributed by atoms with Crippen molar-refractivity contribution in [3.63, 3.8) is 0 Å². The molecule has 2 aromatic heterocycles. The van der Waals surface area contributed by atoms with Gasteiger partial charge in [0.1, 0.15) is 17.1 Å². The molecule has 3 aromatic rings. The van der Waals surface area contributed by atoms with Gasteiger partial charge in [-0.3, -0.25) is 0 Å². The number of para-hydroxylation sites is 1. The van der Waals surface area contributed by atoms with E-state index in [-0.39, 0.29) is 5.69 Å². The molecule has 0 radical (unpaired) electrons. The molecule has 0 saturated carbocycles. The molecule has 0 aliphatic carbocycles. The highest BCUT2D eigenvalue weighted by molar-refractivity contribution is 6.10. The fourth-order valence-electron chi connectivity index (χ4n) is 2.34. The number of rotatable bonds is 2. The minimum absolute atomic E-state index is 0.265. The summed E-state index contributed by atoms with van der Waals surface area (Å²) < 4.78 is 6.92. The Hall–Kier alpha value is -2.43. The van der Waals surface area contributed by atoms with E-state index in [1.807, 2.05) is 18.2 Å². The first-order chi connectivity index (χ1) is 8.63. The molecule has 18 heavy (non-hydrogen) atoms. The van der Waals surface area contributed by atoms with E-state index in [2.05, 4.69) is 4.98 Å². The summed E-state index contributed by atoms with van der Waals surface area (Å²) in [6.45, 7) is 0. The number of ether oxygens (including phenoxy) is 1. The Kier molecular flexibility index (Phi) is 2.10. The van der Waals surface area contributed by atoms with Gasteiger partial charge in [-0.1, -0.05) is 12.1 Å². The molecule has 1 aromatic carbocycles. The van der Waals surface area contributed by atoms with Crippen LogP contribution in [-0.4, -0.2) is 27.7 Å². The smallest absolute Gasteiger partial charge is 0.352 e. The molecule has 0 saturated heterocycles. The number of aromatic nitrogens is 2. The second kappa shape index (κ2) is 3.53. The molecule has 0 unspecified atom stereocenters. The number of carbonyl (C=O) groups is 1. The van der Waals surface area contributed by atoms with Gasteiger partial charge in [0.2, 0.25) is 0 Å². The van der Waals surface area contributed by atoms with E-state index in [1.54, 1.807) is 24.8 Å². The highest BCUT2D eigenvalue weighted by Gasteiger charge is 2.17. The van der Waals surface area contributed by atoms with Crippen LogP contribution in [0.5, 0.6) is 5.75 Å². The maximum atomic E-state index is 11.1. The zero-order chi connectivity index (χ0) is 12.9. The van der Waals surface area contributed by atoms with Crippen molar-refractivity contribution in [3.8, 4) is 5.75 Å². The summed E-state index contributed by atoms with van der Waals surface area (Å²) in [5, 5.41) is 11.0. The molecule has 0 bridgehead atoms. The largest absolute Gasteiger partial charge is 0.495 e. The van der Waals surface area contributed by atoms with Crippen LogP contribution in [0.25, 0.3) is 21.9 Å². The molecule has 0 atom stereocenters. The third-order valence-electron chi connectivity index (χ3n) is 3.23. The molecule has 3 rings (SSSR count). The minimum atomic E-state index is -0.932. The second-order valence-electron chi connectivity index (χ2n) is 4.16. The predicted molar refractivity (Wildman–Crippen MR) is 68.3 cm³/mol. The molecule has 5 nitrogen and oxygen atoms in total. The quantitative estimate of drug-likeness (QED) is 0.727. The van der Waals surface area contributed by atoms with Crippen LogP contribution in [0.15, 0.2) is 24.3 Å². The lowest BCUT2D eigenvalue weighted by molar-refractivity contribution is 0.0687. The van der Waals surface area contributed by atoms with E-state index >= 15 is 0 Å². The van der Waals surface area contributed by atoms with Crippen LogP contribution < -0.4 is 4.74 Å². The normalized spacial score (nSPS) is 11.2. The van der Waals surface area contributed by atoms with Crippen LogP contribution in [0.4, 0.5) is 0 Å². The Labute approximate surface area is 103 Å². The molecular weight excluding hydrogens is 232 g/mol. The predicted octanol–water partition coefficient (Wildman–Crippen LogP) is 2.37. The monoisotopic (exact) mass is 244 g/mol. The van der Waals surface area contributed by atoms with E-state index in [1.165, 1.54) is 0 Å². The van der Waals surface area contributed by atoms with Crippen LogP contribution in [0.2, 0.25) is 0 Å². The van der Waals surface area contributed by atoms with Gasteiger partial charge in [0, 0.05) is 17.8 Å². The number of aromatic carboxylic acids is 1. The topological polar surface area (TPSA) is 67.2 Å². The summed E-state index contributed by atoms with van der Waals surface area (Å²) in [6, 6.07) is 7.38. The van der Waals surface area contributed by atoms with Crippen LogP contribution in [0, 0.1) is 0 Å². The van der Waals surface area contributed by atoms with Crippen molar-refractivity contribution in [2.24, 2.45) is 7.05 Å². The molecular formula is C13H12N2O3. The molecule has 92 valence electrons. The number of hydrogen-bond donors (Lipinski definition) is 2. The van der Waals surface area contributed by atoms with Gasteiger partial charge in [-0.2, -0.15) is 0 Å². The number of benzene rings is 1. The van der Waals surface area contributed by atoms with Crippen molar-refractivity contribution >= 4 is 27.9 Å². The average Bonchev–Trinajstić information content (AvgIpc) is 2.87. The second-order valence-corrected chi connectivity index (χ2v) is 4.16. The van der Waals surface area contributed by atoms with Crippen molar-refractivity contribution in [2.45, 2.75) is 0 Å². The fourth-order valence-corrected chi connectivity index (χ4v) is 2.34. The lowest BCUT2D eigenvalue weighted by Gasteiger charge is -2.01. The molecule has 2 heterocycles. The van der Waals surface area contributed by atoms with Crippen molar-refractivity contribution in [1.29, 1.82) is 0 Å². The first-order valence-electron chi connectivity index (χ1n) is 5.51. The van der Waals surface area contributed by atoms with Gasteiger partial charge in [-0.15, -0.1) is 0 Å². The SMILES string of the molecule is COc1cccc2c1[nH]c1c2cc(C(=O)O)n1C.